The third kappa shape index (κ3) is 11.7. The van der Waals surface area contributed by atoms with Crippen LogP contribution in [0, 0.1) is 42.3 Å². The number of aromatic hydroxyl groups is 2. The Labute approximate surface area is 455 Å². The summed E-state index contributed by atoms with van der Waals surface area (Å²) < 4.78 is 38.4. The first-order valence-corrected chi connectivity index (χ1v) is 27.4. The number of likely N-dealkylation sites (tertiary alicyclic amines) is 1. The van der Waals surface area contributed by atoms with Crippen molar-refractivity contribution in [1.29, 1.82) is 0 Å². The first-order chi connectivity index (χ1) is 37.0. The minimum atomic E-state index is -2.03. The molecule has 5 bridgehead atoms. The summed E-state index contributed by atoms with van der Waals surface area (Å²) >= 11 is 0. The first-order valence-electron chi connectivity index (χ1n) is 27.4. The number of aliphatic hydroxyl groups is 2. The van der Waals surface area contributed by atoms with Gasteiger partial charge < -0.3 is 59.4 Å². The highest BCUT2D eigenvalue weighted by Gasteiger charge is 2.50. The Hall–Kier alpha value is -6.41. The molecule has 3 aromatic rings. The van der Waals surface area contributed by atoms with Crippen LogP contribution in [-0.2, 0) is 28.6 Å². The number of rotatable bonds is 8. The zero-order valence-electron chi connectivity index (χ0n) is 46.5. The summed E-state index contributed by atoms with van der Waals surface area (Å²) in [5.41, 5.74) is 0.128. The predicted octanol–water partition coefficient (Wildman–Crippen LogP) is 6.39. The summed E-state index contributed by atoms with van der Waals surface area (Å²) in [6.07, 6.45) is 4.66. The molecule has 0 aromatic heterocycles. The van der Waals surface area contributed by atoms with E-state index in [0.29, 0.717) is 64.4 Å². The van der Waals surface area contributed by atoms with Crippen molar-refractivity contribution in [2.75, 3.05) is 63.1 Å². The number of phenols is 2. The third-order valence-corrected chi connectivity index (χ3v) is 16.4. The number of hydrogen-bond donors (Lipinski definition) is 5. The number of Topliss-reactive ketones (excluding diaryl/α,β-unsaturated/α-hetero) is 1. The van der Waals surface area contributed by atoms with Gasteiger partial charge in [0.15, 0.2) is 11.4 Å². The van der Waals surface area contributed by atoms with Crippen molar-refractivity contribution in [2.45, 2.75) is 130 Å². The number of allylic oxidation sites excluding steroid dienone is 2. The smallest absolute Gasteiger partial charge is 0.312 e. The number of nitrogens with one attached hydrogen (secondary N) is 1. The summed E-state index contributed by atoms with van der Waals surface area (Å²) in [6.45, 7) is 20.1. The van der Waals surface area contributed by atoms with E-state index in [1.807, 2.05) is 0 Å². The van der Waals surface area contributed by atoms with E-state index in [1.54, 1.807) is 76.8 Å². The maximum Gasteiger partial charge on any atom is 0.312 e. The molecule has 2 fully saturated rings. The lowest BCUT2D eigenvalue weighted by Crippen LogP contribution is -2.46. The molecule has 3 aromatic carbocycles. The number of methoxy groups -OCH3 is 1. The van der Waals surface area contributed by atoms with Crippen molar-refractivity contribution in [3.8, 4) is 17.2 Å². The van der Waals surface area contributed by atoms with E-state index in [0.717, 1.165) is 12.2 Å². The SMILES string of the molecule is CO[C@H]1/C=C/OC2(C)Oc3c(C)c(O)c4c(O)c(c5c(c4c3C2=O)=NC2(CCN(CC(C)C)CC2)N=5)NC(=O)/C(C)=C\C=C\[C@H](C)[C@H](O)[C@@H](C)[C@@H](O)[C@@H](C)[C@H](OC(=O)CCC(=O)N2CCCN(c3ccc(F)cc3)CC2)[C@@H]1C. The molecular formula is C59H77FN6O12. The van der Waals surface area contributed by atoms with Crippen molar-refractivity contribution in [1.82, 2.24) is 9.80 Å². The van der Waals surface area contributed by atoms with E-state index in [9.17, 15) is 44.0 Å². The molecule has 422 valence electrons. The van der Waals surface area contributed by atoms with E-state index in [-0.39, 0.29) is 74.2 Å². The number of ether oxygens (including phenoxy) is 4. The average molecular weight is 1080 g/mol. The number of phenolic OH excluding ortho intramolecular Hbond substituents is 2. The second kappa shape index (κ2) is 23.5. The van der Waals surface area contributed by atoms with Crippen molar-refractivity contribution in [3.05, 3.63) is 88.1 Å². The maximum atomic E-state index is 15.0. The highest BCUT2D eigenvalue weighted by Crippen LogP contribution is 2.50. The van der Waals surface area contributed by atoms with Gasteiger partial charge in [0.25, 0.3) is 11.7 Å². The van der Waals surface area contributed by atoms with Gasteiger partial charge in [-0.3, -0.25) is 29.2 Å². The molecule has 2 amide bonds. The lowest BCUT2D eigenvalue weighted by molar-refractivity contribution is -0.164. The summed E-state index contributed by atoms with van der Waals surface area (Å²) in [5.74, 6) is -7.85. The van der Waals surface area contributed by atoms with Crippen LogP contribution in [-0.4, -0.2) is 143 Å². The van der Waals surface area contributed by atoms with Crippen LogP contribution in [0.25, 0.3) is 10.8 Å². The summed E-state index contributed by atoms with van der Waals surface area (Å²) in [5, 5.41) is 51.1. The largest absolute Gasteiger partial charge is 0.507 e. The number of amides is 2. The van der Waals surface area contributed by atoms with Gasteiger partial charge in [0.2, 0.25) is 5.91 Å². The molecule has 0 aliphatic carbocycles. The molecular weight excluding hydrogens is 1000 g/mol. The second-order valence-electron chi connectivity index (χ2n) is 22.5. The standard InChI is InChI=1S/C59H77FN6O12/c1-32(2)31-64-26-22-59(23-27-64)62-47-44-45-52(71)38(8)55-46(44)56(73)58(9,78-55)76-30-21-41(75-10)35(5)54(77-43(68)20-19-42(67)66-25-12-24-65(28-29-66)40-17-15-39(60)16-18-40)37(7)51(70)36(6)50(69)33(3)13-11-14-34(4)57(74)61-49(53(45)72)48(47)63-59/h11,13-18,21,30,32-33,35-37,41,50-51,54,69-72H,12,19-20,22-29,31H2,1-10H3,(H,61,74)/b13-11+,30-21+,34-14-/t33-,35+,36+,37+,41-,50-,51+,54+,58?/m0/s1. The summed E-state index contributed by atoms with van der Waals surface area (Å²) in [4.78, 5) is 73.1. The van der Waals surface area contributed by atoms with Gasteiger partial charge in [-0.25, -0.2) is 4.39 Å². The van der Waals surface area contributed by atoms with Crippen LogP contribution >= 0.6 is 0 Å². The number of aliphatic hydroxyl groups excluding tert-OH is 2. The molecule has 9 rings (SSSR count). The number of carbonyl (C=O) groups excluding carboxylic acids is 4. The van der Waals surface area contributed by atoms with Gasteiger partial charge >= 0.3 is 11.8 Å². The Kier molecular flexibility index (Phi) is 17.4. The lowest BCUT2D eigenvalue weighted by Gasteiger charge is -2.38. The van der Waals surface area contributed by atoms with Gasteiger partial charge in [-0.15, -0.1) is 0 Å². The molecule has 19 heteroatoms. The minimum absolute atomic E-state index is 0.00251. The molecule has 6 aliphatic heterocycles. The normalized spacial score (nSPS) is 29.4. The Morgan fingerprint density at radius 1 is 0.872 bits per heavy atom. The van der Waals surface area contributed by atoms with E-state index in [4.69, 9.17) is 28.9 Å². The number of hydrogen-bond acceptors (Lipinski definition) is 16. The van der Waals surface area contributed by atoms with Crippen LogP contribution in [0.4, 0.5) is 15.8 Å². The monoisotopic (exact) mass is 1080 g/mol. The molecule has 78 heavy (non-hydrogen) atoms. The van der Waals surface area contributed by atoms with Crippen molar-refractivity contribution >= 4 is 45.7 Å². The Morgan fingerprint density at radius 2 is 1.56 bits per heavy atom. The van der Waals surface area contributed by atoms with Crippen LogP contribution in [0.15, 0.2) is 70.4 Å². The minimum Gasteiger partial charge on any atom is -0.507 e. The molecule has 0 saturated carbocycles. The van der Waals surface area contributed by atoms with Gasteiger partial charge in [-0.05, 0) is 56.5 Å². The molecule has 2 saturated heterocycles. The zero-order chi connectivity index (χ0) is 56.5. The van der Waals surface area contributed by atoms with Gasteiger partial charge in [-0.2, -0.15) is 0 Å². The number of ketones is 1. The topological polar surface area (TPSA) is 233 Å². The van der Waals surface area contributed by atoms with Crippen molar-refractivity contribution < 1.29 is 62.9 Å². The number of nitrogens with zero attached hydrogens (tertiary/aromatic N) is 5. The Balaban J connectivity index is 1.12. The van der Waals surface area contributed by atoms with Crippen LogP contribution < -0.4 is 25.7 Å². The third-order valence-electron chi connectivity index (χ3n) is 16.4. The molecule has 6 aliphatic rings. The highest BCUT2D eigenvalue weighted by molar-refractivity contribution is 6.19. The first kappa shape index (κ1) is 57.8. The Bertz CT molecular complexity index is 3010. The van der Waals surface area contributed by atoms with Crippen LogP contribution in [0.1, 0.15) is 103 Å². The van der Waals surface area contributed by atoms with Gasteiger partial charge in [-0.1, -0.05) is 59.8 Å². The maximum absolute atomic E-state index is 15.0. The van der Waals surface area contributed by atoms with Crippen LogP contribution in [0.5, 0.6) is 17.2 Å². The van der Waals surface area contributed by atoms with E-state index >= 15 is 0 Å². The van der Waals surface area contributed by atoms with E-state index in [2.05, 4.69) is 29.0 Å². The van der Waals surface area contributed by atoms with Gasteiger partial charge in [0.05, 0.1) is 47.3 Å². The number of carbonyl (C=O) groups is 4. The number of halogens is 1. The molecule has 0 radical (unpaired) electrons. The predicted molar refractivity (Wildman–Crippen MR) is 291 cm³/mol. The molecule has 18 nitrogen and oxygen atoms in total. The average Bonchev–Trinajstić information content (AvgIpc) is 3.99. The summed E-state index contributed by atoms with van der Waals surface area (Å²) in [6, 6.07) is 6.23. The van der Waals surface area contributed by atoms with Gasteiger partial charge in [0.1, 0.15) is 34.5 Å². The second-order valence-corrected chi connectivity index (χ2v) is 22.5. The molecule has 9 atom stereocenters. The van der Waals surface area contributed by atoms with Gasteiger partial charge in [0, 0.05) is 125 Å². The number of fused-ring (bicyclic) bond motifs is 13. The van der Waals surface area contributed by atoms with E-state index < -0.39 is 88.7 Å². The quantitative estimate of drug-likeness (QED) is 0.122. The molecule has 6 heterocycles. The van der Waals surface area contributed by atoms with Crippen molar-refractivity contribution in [3.63, 3.8) is 0 Å². The molecule has 1 unspecified atom stereocenters. The van der Waals surface area contributed by atoms with E-state index in [1.165, 1.54) is 38.5 Å². The van der Waals surface area contributed by atoms with Crippen LogP contribution in [0.2, 0.25) is 0 Å². The zero-order valence-corrected chi connectivity index (χ0v) is 46.5. The fourth-order valence-electron chi connectivity index (χ4n) is 11.7. The fraction of sp³-hybridized carbons (Fsp3) is 0.559. The molecule has 1 spiro atoms. The lowest BCUT2D eigenvalue weighted by atomic mass is 9.78. The number of benzene rings is 3. The summed E-state index contributed by atoms with van der Waals surface area (Å²) in [7, 11) is 1.44. The Morgan fingerprint density at radius 3 is 2.24 bits per heavy atom. The fourth-order valence-corrected chi connectivity index (χ4v) is 11.7. The highest BCUT2D eigenvalue weighted by atomic mass is 19.1. The molecule has 5 N–H and O–H groups in total. The number of esters is 1. The number of anilines is 2. The van der Waals surface area contributed by atoms with Crippen molar-refractivity contribution in [2.24, 2.45) is 39.6 Å². The number of piperidine rings is 1. The van der Waals surface area contributed by atoms with Crippen LogP contribution in [0.3, 0.4) is 0 Å².